The van der Waals surface area contributed by atoms with Gasteiger partial charge in [-0.05, 0) is 56.5 Å². The van der Waals surface area contributed by atoms with E-state index in [1.807, 2.05) is 19.1 Å². The Morgan fingerprint density at radius 1 is 1.19 bits per heavy atom. The van der Waals surface area contributed by atoms with E-state index in [1.165, 1.54) is 0 Å². The molecule has 0 radical (unpaired) electrons. The number of hydrogen-bond donors (Lipinski definition) is 2. The van der Waals surface area contributed by atoms with E-state index in [2.05, 4.69) is 10.2 Å². The van der Waals surface area contributed by atoms with Crippen LogP contribution in [0.4, 0.5) is 0 Å². The van der Waals surface area contributed by atoms with Gasteiger partial charge in [0, 0.05) is 28.3 Å². The molecule has 166 valence electrons. The predicted molar refractivity (Wildman–Crippen MR) is 124 cm³/mol. The van der Waals surface area contributed by atoms with E-state index in [0.717, 1.165) is 53.3 Å². The molecule has 3 heterocycles. The van der Waals surface area contributed by atoms with Gasteiger partial charge in [0.1, 0.15) is 12.4 Å². The van der Waals surface area contributed by atoms with Gasteiger partial charge in [-0.15, -0.1) is 0 Å². The van der Waals surface area contributed by atoms with Gasteiger partial charge in [0.2, 0.25) is 0 Å². The molecule has 8 heteroatoms. The third-order valence-corrected chi connectivity index (χ3v) is 6.20. The van der Waals surface area contributed by atoms with Crippen molar-refractivity contribution in [1.29, 1.82) is 0 Å². The van der Waals surface area contributed by atoms with Crippen LogP contribution in [0, 0.1) is 6.92 Å². The summed E-state index contributed by atoms with van der Waals surface area (Å²) in [6.45, 7) is 3.19. The van der Waals surface area contributed by atoms with Gasteiger partial charge < -0.3 is 19.3 Å². The molecule has 7 nitrogen and oxygen atoms in total. The van der Waals surface area contributed by atoms with Crippen molar-refractivity contribution in [3.05, 3.63) is 41.0 Å². The highest BCUT2D eigenvalue weighted by atomic mass is 35.5. The molecule has 1 saturated heterocycles. The lowest BCUT2D eigenvalue weighted by molar-refractivity contribution is -0.0114. The molecule has 0 spiro atoms. The number of pyridine rings is 1. The molecule has 1 fully saturated rings. The first-order valence-corrected chi connectivity index (χ1v) is 11.0. The summed E-state index contributed by atoms with van der Waals surface area (Å²) in [6, 6.07) is 8.96. The summed E-state index contributed by atoms with van der Waals surface area (Å²) in [5.41, 5.74) is 3.00. The summed E-state index contributed by atoms with van der Waals surface area (Å²) in [5.74, 6) is 1.29. The number of nitrogens with one attached hydrogen (secondary N) is 1. The molecule has 1 aliphatic rings. The third-order valence-electron chi connectivity index (χ3n) is 5.90. The minimum atomic E-state index is 0.0244. The number of nitrogens with zero attached hydrogens (tertiary/aromatic N) is 2. The number of aromatic nitrogens is 3. The first kappa shape index (κ1) is 20.8. The van der Waals surface area contributed by atoms with Gasteiger partial charge in [-0.25, -0.2) is 4.98 Å². The number of fused-ring (bicyclic) bond motifs is 3. The van der Waals surface area contributed by atoms with Crippen LogP contribution < -0.4 is 9.47 Å². The molecular formula is C24H24ClN3O4. The van der Waals surface area contributed by atoms with Gasteiger partial charge in [0.25, 0.3) is 0 Å². The standard InChI is InChI=1S/C24H24ClN3O4/c1-13-22-16-10-21(32-12-15-5-3-4-8-31-15)20(30-2)11-17(16)23(26-24(22)28-27-13)14-6-7-19(29)18(25)9-14/h6-7,9-11,15,29H,3-5,8,12H2,1-2H3,(H,26,27,28). The van der Waals surface area contributed by atoms with Gasteiger partial charge in [0.05, 0.1) is 29.6 Å². The quantitative estimate of drug-likeness (QED) is 0.420. The number of rotatable bonds is 5. The Hall–Kier alpha value is -3.03. The number of benzene rings is 2. The van der Waals surface area contributed by atoms with Crippen molar-refractivity contribution >= 4 is 33.4 Å². The second-order valence-electron chi connectivity index (χ2n) is 8.01. The molecule has 0 bridgehead atoms. The van der Waals surface area contributed by atoms with Crippen molar-refractivity contribution in [1.82, 2.24) is 15.2 Å². The van der Waals surface area contributed by atoms with Crippen molar-refractivity contribution in [3.8, 4) is 28.5 Å². The first-order chi connectivity index (χ1) is 15.5. The van der Waals surface area contributed by atoms with E-state index in [-0.39, 0.29) is 16.9 Å². The number of phenolic OH excluding ortho intramolecular Hbond substituents is 1. The second-order valence-corrected chi connectivity index (χ2v) is 8.41. The highest BCUT2D eigenvalue weighted by Crippen LogP contribution is 2.41. The molecule has 2 aromatic carbocycles. The molecular weight excluding hydrogens is 430 g/mol. The topological polar surface area (TPSA) is 89.5 Å². The summed E-state index contributed by atoms with van der Waals surface area (Å²) in [7, 11) is 1.62. The Bertz CT molecular complexity index is 1300. The van der Waals surface area contributed by atoms with Crippen molar-refractivity contribution in [3.63, 3.8) is 0 Å². The van der Waals surface area contributed by atoms with Crippen LogP contribution in [0.1, 0.15) is 25.0 Å². The van der Waals surface area contributed by atoms with Crippen molar-refractivity contribution in [2.75, 3.05) is 20.3 Å². The first-order valence-electron chi connectivity index (χ1n) is 10.6. The number of phenols is 1. The highest BCUT2D eigenvalue weighted by Gasteiger charge is 2.20. The number of ether oxygens (including phenoxy) is 3. The smallest absolute Gasteiger partial charge is 0.161 e. The number of aryl methyl sites for hydroxylation is 1. The minimum Gasteiger partial charge on any atom is -0.506 e. The zero-order valence-electron chi connectivity index (χ0n) is 17.9. The number of aromatic amines is 1. The average molecular weight is 454 g/mol. The van der Waals surface area contributed by atoms with Crippen molar-refractivity contribution in [2.45, 2.75) is 32.3 Å². The fourth-order valence-electron chi connectivity index (χ4n) is 4.23. The number of halogens is 1. The Labute approximate surface area is 190 Å². The third kappa shape index (κ3) is 3.72. The van der Waals surface area contributed by atoms with E-state index in [9.17, 15) is 5.11 Å². The molecule has 1 aliphatic heterocycles. The van der Waals surface area contributed by atoms with Gasteiger partial charge in [-0.1, -0.05) is 11.6 Å². The number of methoxy groups -OCH3 is 1. The molecule has 1 atom stereocenters. The zero-order chi connectivity index (χ0) is 22.2. The predicted octanol–water partition coefficient (Wildman–Crippen LogP) is 5.40. The van der Waals surface area contributed by atoms with Crippen LogP contribution in [-0.4, -0.2) is 46.7 Å². The summed E-state index contributed by atoms with van der Waals surface area (Å²) < 4.78 is 17.6. The van der Waals surface area contributed by atoms with E-state index in [1.54, 1.807) is 25.3 Å². The van der Waals surface area contributed by atoms with Crippen molar-refractivity contribution in [2.24, 2.45) is 0 Å². The van der Waals surface area contributed by atoms with Crippen LogP contribution in [0.15, 0.2) is 30.3 Å². The van der Waals surface area contributed by atoms with E-state index in [0.29, 0.717) is 29.4 Å². The monoisotopic (exact) mass is 453 g/mol. The Morgan fingerprint density at radius 2 is 2.03 bits per heavy atom. The maximum absolute atomic E-state index is 9.85. The molecule has 0 saturated carbocycles. The largest absolute Gasteiger partial charge is 0.506 e. The summed E-state index contributed by atoms with van der Waals surface area (Å²) in [5, 5.41) is 20.2. The maximum Gasteiger partial charge on any atom is 0.161 e. The molecule has 1 unspecified atom stereocenters. The Balaban J connectivity index is 1.67. The molecule has 0 aliphatic carbocycles. The normalized spacial score (nSPS) is 16.5. The van der Waals surface area contributed by atoms with E-state index >= 15 is 0 Å². The van der Waals surface area contributed by atoms with Crippen LogP contribution in [0.2, 0.25) is 5.02 Å². The summed E-state index contributed by atoms with van der Waals surface area (Å²) >= 11 is 6.18. The molecule has 2 N–H and O–H groups in total. The lowest BCUT2D eigenvalue weighted by atomic mass is 10.00. The zero-order valence-corrected chi connectivity index (χ0v) is 18.7. The summed E-state index contributed by atoms with van der Waals surface area (Å²) in [6.07, 6.45) is 3.34. The summed E-state index contributed by atoms with van der Waals surface area (Å²) in [4.78, 5) is 4.82. The Kier molecular flexibility index (Phi) is 5.53. The number of H-pyrrole nitrogens is 1. The van der Waals surface area contributed by atoms with Crippen LogP contribution in [-0.2, 0) is 4.74 Å². The molecule has 0 amide bonds. The molecule has 5 rings (SSSR count). The van der Waals surface area contributed by atoms with Crippen LogP contribution in [0.25, 0.3) is 33.1 Å². The lowest BCUT2D eigenvalue weighted by Crippen LogP contribution is -2.25. The second kappa shape index (κ2) is 8.48. The average Bonchev–Trinajstić information content (AvgIpc) is 3.19. The van der Waals surface area contributed by atoms with Crippen LogP contribution in [0.3, 0.4) is 0 Å². The minimum absolute atomic E-state index is 0.0244. The van der Waals surface area contributed by atoms with E-state index < -0.39 is 0 Å². The number of aromatic hydroxyl groups is 1. The van der Waals surface area contributed by atoms with E-state index in [4.69, 9.17) is 30.8 Å². The fourth-order valence-corrected chi connectivity index (χ4v) is 4.41. The van der Waals surface area contributed by atoms with Gasteiger partial charge >= 0.3 is 0 Å². The SMILES string of the molecule is COc1cc2c(-c3ccc(O)c(Cl)c3)nc3[nH]nc(C)c3c2cc1OCC1CCCCO1. The highest BCUT2D eigenvalue weighted by molar-refractivity contribution is 6.32. The van der Waals surface area contributed by atoms with Gasteiger partial charge in [-0.3, -0.25) is 5.10 Å². The molecule has 32 heavy (non-hydrogen) atoms. The Morgan fingerprint density at radius 3 is 2.78 bits per heavy atom. The number of hydrogen-bond acceptors (Lipinski definition) is 6. The molecule has 4 aromatic rings. The lowest BCUT2D eigenvalue weighted by Gasteiger charge is -2.23. The molecule has 2 aromatic heterocycles. The van der Waals surface area contributed by atoms with Crippen LogP contribution in [0.5, 0.6) is 17.2 Å². The van der Waals surface area contributed by atoms with Gasteiger partial charge in [-0.2, -0.15) is 5.10 Å². The van der Waals surface area contributed by atoms with Gasteiger partial charge in [0.15, 0.2) is 17.1 Å². The van der Waals surface area contributed by atoms with Crippen molar-refractivity contribution < 1.29 is 19.3 Å². The maximum atomic E-state index is 9.85. The van der Waals surface area contributed by atoms with Crippen LogP contribution >= 0.6 is 11.6 Å². The fraction of sp³-hybridized carbons (Fsp3) is 0.333.